The third-order valence-corrected chi connectivity index (χ3v) is 5.72. The van der Waals surface area contributed by atoms with E-state index in [9.17, 15) is 23.2 Å². The van der Waals surface area contributed by atoms with Gasteiger partial charge in [0.25, 0.3) is 0 Å². The van der Waals surface area contributed by atoms with E-state index in [4.69, 9.17) is 4.74 Å². The molecular formula is C22H19F2N3O6. The van der Waals surface area contributed by atoms with Crippen LogP contribution >= 0.6 is 0 Å². The molecule has 3 heterocycles. The Balaban J connectivity index is 1.22. The molecule has 3 aliphatic rings. The monoisotopic (exact) mass is 459 g/mol. The molecule has 172 valence electrons. The third kappa shape index (κ3) is 4.01. The van der Waals surface area contributed by atoms with Crippen LogP contribution in [0, 0.1) is 0 Å². The lowest BCUT2D eigenvalue weighted by Crippen LogP contribution is -2.56. The molecule has 1 saturated heterocycles. The van der Waals surface area contributed by atoms with Crippen molar-refractivity contribution in [1.82, 2.24) is 4.90 Å². The van der Waals surface area contributed by atoms with Gasteiger partial charge in [0.15, 0.2) is 11.5 Å². The Hall–Kier alpha value is -3.89. The lowest BCUT2D eigenvalue weighted by molar-refractivity contribution is -0.286. The number of piperazine rings is 1. The largest absolute Gasteiger partial charge is 0.586 e. The fourth-order valence-electron chi connectivity index (χ4n) is 4.13. The molecule has 9 nitrogen and oxygen atoms in total. The van der Waals surface area contributed by atoms with E-state index in [-0.39, 0.29) is 36.5 Å². The highest BCUT2D eigenvalue weighted by Crippen LogP contribution is 2.43. The van der Waals surface area contributed by atoms with E-state index in [1.54, 1.807) is 25.1 Å². The molecule has 2 amide bonds. The highest BCUT2D eigenvalue weighted by Gasteiger charge is 2.43. The summed E-state index contributed by atoms with van der Waals surface area (Å²) in [7, 11) is 0. The van der Waals surface area contributed by atoms with Crippen LogP contribution in [-0.4, -0.2) is 54.7 Å². The number of hydrogen-bond acceptors (Lipinski definition) is 7. The molecule has 1 N–H and O–H groups in total. The maximum atomic E-state index is 13.3. The first-order chi connectivity index (χ1) is 15.7. The van der Waals surface area contributed by atoms with Gasteiger partial charge < -0.3 is 29.3 Å². The van der Waals surface area contributed by atoms with Crippen molar-refractivity contribution < 1.29 is 37.4 Å². The number of amides is 2. The first kappa shape index (κ1) is 21.0. The standard InChI is InChI=1S/C22H19F2N3O6/c1-12-11-26(15-4-5-16-18(10-15)33-22(23,24)32-16)6-7-27(12)21(30)20(29)25-14-3-2-13-8-19(28)31-17(13)9-14/h2-5,9-10,12H,6-8,11H2,1H3,(H,25,29)/t12-/m1/s1. The van der Waals surface area contributed by atoms with Crippen molar-refractivity contribution in [2.24, 2.45) is 0 Å². The van der Waals surface area contributed by atoms with Crippen LogP contribution < -0.4 is 24.4 Å². The van der Waals surface area contributed by atoms with Gasteiger partial charge in [0.05, 0.1) is 6.42 Å². The van der Waals surface area contributed by atoms with Crippen LogP contribution in [0.3, 0.4) is 0 Å². The molecule has 33 heavy (non-hydrogen) atoms. The number of nitrogens with one attached hydrogen (secondary N) is 1. The number of ether oxygens (including phenoxy) is 3. The predicted octanol–water partition coefficient (Wildman–Crippen LogP) is 2.15. The van der Waals surface area contributed by atoms with Crippen molar-refractivity contribution in [1.29, 1.82) is 0 Å². The van der Waals surface area contributed by atoms with Gasteiger partial charge in [0.2, 0.25) is 0 Å². The fraction of sp³-hybridized carbons (Fsp3) is 0.318. The van der Waals surface area contributed by atoms with E-state index in [0.29, 0.717) is 30.2 Å². The minimum absolute atomic E-state index is 0.0383. The molecule has 3 aliphatic heterocycles. The van der Waals surface area contributed by atoms with Gasteiger partial charge in [-0.2, -0.15) is 0 Å². The molecule has 0 aliphatic carbocycles. The zero-order valence-electron chi connectivity index (χ0n) is 17.5. The first-order valence-electron chi connectivity index (χ1n) is 10.3. The van der Waals surface area contributed by atoms with Crippen molar-refractivity contribution in [3.8, 4) is 17.2 Å². The molecule has 11 heteroatoms. The van der Waals surface area contributed by atoms with E-state index < -0.39 is 18.1 Å². The molecule has 0 spiro atoms. The van der Waals surface area contributed by atoms with Crippen molar-refractivity contribution >= 4 is 29.2 Å². The number of carbonyl (C=O) groups is 3. The molecule has 0 radical (unpaired) electrons. The first-order valence-corrected chi connectivity index (χ1v) is 10.3. The maximum absolute atomic E-state index is 13.3. The average molecular weight is 459 g/mol. The zero-order valence-corrected chi connectivity index (χ0v) is 17.5. The molecule has 0 bridgehead atoms. The number of nitrogens with zero attached hydrogens (tertiary/aromatic N) is 2. The average Bonchev–Trinajstić information content (AvgIpc) is 3.28. The minimum atomic E-state index is -3.69. The van der Waals surface area contributed by atoms with Gasteiger partial charge in [0, 0.05) is 54.7 Å². The van der Waals surface area contributed by atoms with Crippen LogP contribution in [0.1, 0.15) is 12.5 Å². The van der Waals surface area contributed by atoms with E-state index in [1.165, 1.54) is 23.1 Å². The van der Waals surface area contributed by atoms with E-state index in [1.807, 2.05) is 4.90 Å². The molecule has 0 saturated carbocycles. The number of benzene rings is 2. The Bertz CT molecular complexity index is 1170. The van der Waals surface area contributed by atoms with E-state index in [0.717, 1.165) is 5.56 Å². The normalized spacial score (nSPS) is 20.3. The number of fused-ring (bicyclic) bond motifs is 2. The van der Waals surface area contributed by atoms with Crippen LogP contribution in [0.2, 0.25) is 0 Å². The maximum Gasteiger partial charge on any atom is 0.586 e. The molecule has 2 aromatic carbocycles. The Morgan fingerprint density at radius 1 is 1.06 bits per heavy atom. The second-order valence-corrected chi connectivity index (χ2v) is 8.02. The molecule has 2 aromatic rings. The van der Waals surface area contributed by atoms with Crippen molar-refractivity contribution in [2.45, 2.75) is 25.7 Å². The van der Waals surface area contributed by atoms with E-state index in [2.05, 4.69) is 14.8 Å². The molecule has 0 unspecified atom stereocenters. The summed E-state index contributed by atoms with van der Waals surface area (Å²) < 4.78 is 40.5. The number of hydrogen-bond donors (Lipinski definition) is 1. The quantitative estimate of drug-likeness (QED) is 0.418. The van der Waals surface area contributed by atoms with Crippen molar-refractivity contribution in [3.63, 3.8) is 0 Å². The highest BCUT2D eigenvalue weighted by atomic mass is 19.3. The van der Waals surface area contributed by atoms with Crippen molar-refractivity contribution in [2.75, 3.05) is 29.9 Å². The predicted molar refractivity (Wildman–Crippen MR) is 110 cm³/mol. The smallest absolute Gasteiger partial charge is 0.426 e. The van der Waals surface area contributed by atoms with Gasteiger partial charge in [-0.1, -0.05) is 6.07 Å². The summed E-state index contributed by atoms with van der Waals surface area (Å²) in [6.45, 7) is 2.85. The van der Waals surface area contributed by atoms with Crippen LogP contribution in [0.15, 0.2) is 36.4 Å². The van der Waals surface area contributed by atoms with Crippen LogP contribution in [0.25, 0.3) is 0 Å². The number of anilines is 2. The number of rotatable bonds is 2. The number of alkyl halides is 2. The highest BCUT2D eigenvalue weighted by molar-refractivity contribution is 6.39. The van der Waals surface area contributed by atoms with E-state index >= 15 is 0 Å². The van der Waals surface area contributed by atoms with Gasteiger partial charge in [-0.25, -0.2) is 0 Å². The summed E-state index contributed by atoms with van der Waals surface area (Å²) in [5.41, 5.74) is 1.72. The molecular weight excluding hydrogens is 440 g/mol. The minimum Gasteiger partial charge on any atom is -0.426 e. The van der Waals surface area contributed by atoms with Crippen LogP contribution in [-0.2, 0) is 20.8 Å². The summed E-state index contributed by atoms with van der Waals surface area (Å²) in [6.07, 6.45) is -3.51. The number of carbonyl (C=O) groups excluding carboxylic acids is 3. The SMILES string of the molecule is C[C@@H]1CN(c2ccc3c(c2)OC(F)(F)O3)CCN1C(=O)C(=O)Nc1ccc2c(c1)OC(=O)C2. The Kier molecular flexibility index (Phi) is 4.84. The van der Waals surface area contributed by atoms with Gasteiger partial charge >= 0.3 is 24.1 Å². The Morgan fingerprint density at radius 2 is 1.85 bits per heavy atom. The summed E-state index contributed by atoms with van der Waals surface area (Å²) in [5, 5.41) is 2.55. The summed E-state index contributed by atoms with van der Waals surface area (Å²) >= 11 is 0. The Morgan fingerprint density at radius 3 is 2.64 bits per heavy atom. The molecule has 1 atom stereocenters. The Labute approximate surface area is 186 Å². The number of halogens is 2. The van der Waals surface area contributed by atoms with Crippen molar-refractivity contribution in [3.05, 3.63) is 42.0 Å². The lowest BCUT2D eigenvalue weighted by Gasteiger charge is -2.40. The molecule has 0 aromatic heterocycles. The van der Waals surface area contributed by atoms with Gasteiger partial charge in [-0.05, 0) is 25.1 Å². The fourth-order valence-corrected chi connectivity index (χ4v) is 4.13. The summed E-state index contributed by atoms with van der Waals surface area (Å²) in [4.78, 5) is 40.0. The third-order valence-electron chi connectivity index (χ3n) is 5.72. The van der Waals surface area contributed by atoms with Gasteiger partial charge in [0.1, 0.15) is 5.75 Å². The zero-order chi connectivity index (χ0) is 23.3. The second kappa shape index (κ2) is 7.61. The summed E-state index contributed by atoms with van der Waals surface area (Å²) in [6, 6.07) is 8.99. The lowest BCUT2D eigenvalue weighted by atomic mass is 10.1. The number of esters is 1. The topological polar surface area (TPSA) is 97.4 Å². The summed E-state index contributed by atoms with van der Waals surface area (Å²) in [5.74, 6) is -1.58. The van der Waals surface area contributed by atoms with Gasteiger partial charge in [-0.15, -0.1) is 8.78 Å². The van der Waals surface area contributed by atoms with Crippen LogP contribution in [0.4, 0.5) is 20.2 Å². The second-order valence-electron chi connectivity index (χ2n) is 8.02. The molecule has 1 fully saturated rings. The van der Waals surface area contributed by atoms with Crippen LogP contribution in [0.5, 0.6) is 17.2 Å². The molecule has 5 rings (SSSR count). The van der Waals surface area contributed by atoms with Gasteiger partial charge in [-0.3, -0.25) is 14.4 Å².